The van der Waals surface area contributed by atoms with E-state index in [1.54, 1.807) is 31.2 Å². The Hall–Kier alpha value is -3.76. The molecule has 0 saturated carbocycles. The Labute approximate surface area is 147 Å². The smallest absolute Gasteiger partial charge is 0.307 e. The van der Waals surface area contributed by atoms with Gasteiger partial charge in [-0.05, 0) is 36.8 Å². The summed E-state index contributed by atoms with van der Waals surface area (Å²) in [5.74, 6) is -0.578. The molecule has 2 amide bonds. The summed E-state index contributed by atoms with van der Waals surface area (Å²) >= 11 is 0. The zero-order valence-electron chi connectivity index (χ0n) is 13.8. The van der Waals surface area contributed by atoms with E-state index in [1.165, 1.54) is 0 Å². The maximum Gasteiger partial charge on any atom is 0.307 e. The number of aromatic nitrogens is 2. The first-order valence-electron chi connectivity index (χ1n) is 7.36. The predicted octanol–water partition coefficient (Wildman–Crippen LogP) is 0.196. The summed E-state index contributed by atoms with van der Waals surface area (Å²) in [6.45, 7) is 1.27. The second-order valence-corrected chi connectivity index (χ2v) is 5.16. The molecule has 0 saturated heterocycles. The van der Waals surface area contributed by atoms with Crippen molar-refractivity contribution in [2.45, 2.75) is 13.5 Å². The number of amides is 2. The molecule has 0 fully saturated rings. The van der Waals surface area contributed by atoms with Gasteiger partial charge in [-0.1, -0.05) is 0 Å². The van der Waals surface area contributed by atoms with Gasteiger partial charge in [-0.15, -0.1) is 0 Å². The average molecular weight is 360 g/mol. The standard InChI is InChI=1S/C15H16N6O5/c1-10(11-2-4-13(5-3-11)26-9-14(16)22)18-19-15(23)8-20-7-12(6-17-20)21(24)25/h2-7H,8-9H2,1H3,(H2,16,22)(H,19,23). The van der Waals surface area contributed by atoms with Crippen LogP contribution in [0.5, 0.6) is 5.75 Å². The number of benzene rings is 1. The summed E-state index contributed by atoms with van der Waals surface area (Å²) in [5.41, 5.74) is 8.41. The molecule has 1 heterocycles. The number of nitrogens with two attached hydrogens (primary N) is 1. The van der Waals surface area contributed by atoms with Crippen molar-refractivity contribution in [3.63, 3.8) is 0 Å². The molecule has 0 unspecified atom stereocenters. The molecule has 2 aromatic rings. The Morgan fingerprint density at radius 1 is 1.38 bits per heavy atom. The molecular formula is C15H16N6O5. The molecule has 3 N–H and O–H groups in total. The van der Waals surface area contributed by atoms with Crippen LogP contribution in [0.1, 0.15) is 12.5 Å². The van der Waals surface area contributed by atoms with Gasteiger partial charge in [-0.25, -0.2) is 5.43 Å². The highest BCUT2D eigenvalue weighted by Gasteiger charge is 2.11. The number of nitro groups is 1. The zero-order chi connectivity index (χ0) is 19.1. The molecular weight excluding hydrogens is 344 g/mol. The minimum Gasteiger partial charge on any atom is -0.484 e. The number of hydrogen-bond donors (Lipinski definition) is 2. The van der Waals surface area contributed by atoms with Crippen molar-refractivity contribution in [1.29, 1.82) is 0 Å². The van der Waals surface area contributed by atoms with E-state index in [-0.39, 0.29) is 18.8 Å². The molecule has 0 atom stereocenters. The Bertz CT molecular complexity index is 842. The quantitative estimate of drug-likeness (QED) is 0.389. The Morgan fingerprint density at radius 2 is 2.08 bits per heavy atom. The van der Waals surface area contributed by atoms with E-state index >= 15 is 0 Å². The summed E-state index contributed by atoms with van der Waals surface area (Å²) in [5, 5.41) is 18.3. The van der Waals surface area contributed by atoms with E-state index in [1.807, 2.05) is 0 Å². The SMILES string of the molecule is CC(=NNC(=O)Cn1cc([N+](=O)[O-])cn1)c1ccc(OCC(N)=O)cc1. The van der Waals surface area contributed by atoms with Gasteiger partial charge in [0.2, 0.25) is 0 Å². The van der Waals surface area contributed by atoms with Crippen LogP contribution in [-0.4, -0.2) is 38.8 Å². The van der Waals surface area contributed by atoms with Crippen molar-refractivity contribution in [1.82, 2.24) is 15.2 Å². The van der Waals surface area contributed by atoms with E-state index in [2.05, 4.69) is 15.6 Å². The Balaban J connectivity index is 1.90. The van der Waals surface area contributed by atoms with Crippen molar-refractivity contribution in [3.05, 3.63) is 52.3 Å². The fourth-order valence-electron chi connectivity index (χ4n) is 1.87. The van der Waals surface area contributed by atoms with Crippen LogP contribution in [-0.2, 0) is 16.1 Å². The highest BCUT2D eigenvalue weighted by Crippen LogP contribution is 2.12. The van der Waals surface area contributed by atoms with Crippen LogP contribution < -0.4 is 15.9 Å². The maximum atomic E-state index is 11.8. The predicted molar refractivity (Wildman–Crippen MR) is 90.4 cm³/mol. The summed E-state index contributed by atoms with van der Waals surface area (Å²) in [6, 6.07) is 6.69. The number of nitrogens with one attached hydrogen (secondary N) is 1. The minimum absolute atomic E-state index is 0.198. The number of nitrogens with zero attached hydrogens (tertiary/aromatic N) is 4. The van der Waals surface area contributed by atoms with Gasteiger partial charge < -0.3 is 10.5 Å². The molecule has 0 aliphatic heterocycles. The molecule has 0 spiro atoms. The molecule has 0 aliphatic carbocycles. The molecule has 0 radical (unpaired) electrons. The van der Waals surface area contributed by atoms with Crippen molar-refractivity contribution in [2.24, 2.45) is 10.8 Å². The third-order valence-corrected chi connectivity index (χ3v) is 3.14. The van der Waals surface area contributed by atoms with E-state index in [0.717, 1.165) is 22.6 Å². The van der Waals surface area contributed by atoms with E-state index < -0.39 is 16.7 Å². The minimum atomic E-state index is -0.597. The van der Waals surface area contributed by atoms with Crippen LogP contribution in [0.4, 0.5) is 5.69 Å². The fourth-order valence-corrected chi connectivity index (χ4v) is 1.87. The number of rotatable bonds is 8. The van der Waals surface area contributed by atoms with Crippen molar-refractivity contribution in [3.8, 4) is 5.75 Å². The number of hydrazone groups is 1. The number of ether oxygens (including phenoxy) is 1. The van der Waals surface area contributed by atoms with Crippen LogP contribution in [0.25, 0.3) is 0 Å². The first-order valence-corrected chi connectivity index (χ1v) is 7.36. The lowest BCUT2D eigenvalue weighted by atomic mass is 10.1. The summed E-state index contributed by atoms with van der Waals surface area (Å²) in [7, 11) is 0. The van der Waals surface area contributed by atoms with Gasteiger partial charge in [0.25, 0.3) is 11.8 Å². The molecule has 2 rings (SSSR count). The summed E-state index contributed by atoms with van der Waals surface area (Å²) in [6.07, 6.45) is 2.21. The van der Waals surface area contributed by atoms with Crippen LogP contribution in [0.3, 0.4) is 0 Å². The highest BCUT2D eigenvalue weighted by atomic mass is 16.6. The zero-order valence-corrected chi connectivity index (χ0v) is 13.8. The Kier molecular flexibility index (Phi) is 5.98. The molecule has 11 nitrogen and oxygen atoms in total. The summed E-state index contributed by atoms with van der Waals surface area (Å²) < 4.78 is 6.29. The highest BCUT2D eigenvalue weighted by molar-refractivity contribution is 5.99. The lowest BCUT2D eigenvalue weighted by Crippen LogP contribution is -2.24. The molecule has 0 aliphatic rings. The normalized spacial score (nSPS) is 11.0. The van der Waals surface area contributed by atoms with E-state index in [9.17, 15) is 19.7 Å². The molecule has 1 aromatic heterocycles. The maximum absolute atomic E-state index is 11.8. The van der Waals surface area contributed by atoms with Gasteiger partial charge in [0.1, 0.15) is 24.7 Å². The largest absolute Gasteiger partial charge is 0.484 e. The van der Waals surface area contributed by atoms with Gasteiger partial charge in [0.15, 0.2) is 6.61 Å². The average Bonchev–Trinajstić information content (AvgIpc) is 3.07. The van der Waals surface area contributed by atoms with Crippen LogP contribution in [0.15, 0.2) is 41.8 Å². The second kappa shape index (κ2) is 8.37. The molecule has 0 bridgehead atoms. The number of hydrogen-bond acceptors (Lipinski definition) is 7. The molecule has 26 heavy (non-hydrogen) atoms. The number of carbonyl (C=O) groups is 2. The van der Waals surface area contributed by atoms with Crippen molar-refractivity contribution < 1.29 is 19.2 Å². The van der Waals surface area contributed by atoms with Gasteiger partial charge in [0, 0.05) is 0 Å². The molecule has 1 aromatic carbocycles. The van der Waals surface area contributed by atoms with Crippen LogP contribution >= 0.6 is 0 Å². The van der Waals surface area contributed by atoms with Gasteiger partial charge in [-0.3, -0.25) is 24.4 Å². The monoisotopic (exact) mass is 360 g/mol. The number of primary amides is 1. The lowest BCUT2D eigenvalue weighted by molar-refractivity contribution is -0.385. The lowest BCUT2D eigenvalue weighted by Gasteiger charge is -2.06. The van der Waals surface area contributed by atoms with Gasteiger partial charge in [0.05, 0.1) is 10.6 Å². The van der Waals surface area contributed by atoms with Gasteiger partial charge >= 0.3 is 5.69 Å². The fraction of sp³-hybridized carbons (Fsp3) is 0.200. The second-order valence-electron chi connectivity index (χ2n) is 5.16. The number of carbonyl (C=O) groups excluding carboxylic acids is 2. The van der Waals surface area contributed by atoms with Gasteiger partial charge in [-0.2, -0.15) is 10.2 Å². The van der Waals surface area contributed by atoms with E-state index in [4.69, 9.17) is 10.5 Å². The van der Waals surface area contributed by atoms with E-state index in [0.29, 0.717) is 11.5 Å². The first kappa shape index (κ1) is 18.6. The van der Waals surface area contributed by atoms with Crippen molar-refractivity contribution >= 4 is 23.2 Å². The summed E-state index contributed by atoms with van der Waals surface area (Å²) in [4.78, 5) is 32.5. The third kappa shape index (κ3) is 5.40. The molecule has 136 valence electrons. The van der Waals surface area contributed by atoms with Crippen LogP contribution in [0.2, 0.25) is 0 Å². The van der Waals surface area contributed by atoms with Crippen LogP contribution in [0, 0.1) is 10.1 Å². The first-order chi connectivity index (χ1) is 12.3. The topological polar surface area (TPSA) is 155 Å². The van der Waals surface area contributed by atoms with Crippen molar-refractivity contribution in [2.75, 3.05) is 6.61 Å². The Morgan fingerprint density at radius 3 is 2.65 bits per heavy atom. The third-order valence-electron chi connectivity index (χ3n) is 3.14. The molecule has 11 heteroatoms.